The van der Waals surface area contributed by atoms with Gasteiger partial charge in [-0.1, -0.05) is 19.9 Å². The lowest BCUT2D eigenvalue weighted by Gasteiger charge is -2.71. The molecule has 4 nitrogen and oxygen atoms in total. The number of carbonyl (C=O) groups excluding carboxylic acids is 1. The Labute approximate surface area is 150 Å². The van der Waals surface area contributed by atoms with E-state index in [1.54, 1.807) is 7.11 Å². The zero-order valence-corrected chi connectivity index (χ0v) is 15.4. The first-order valence-corrected chi connectivity index (χ1v) is 9.96. The Balaban J connectivity index is 1.71. The summed E-state index contributed by atoms with van der Waals surface area (Å²) >= 11 is 0. The Bertz CT molecular complexity index is 644. The molecule has 1 saturated heterocycles. The molecule has 4 heteroatoms. The van der Waals surface area contributed by atoms with Crippen LogP contribution < -0.4 is 0 Å². The van der Waals surface area contributed by atoms with Crippen molar-refractivity contribution in [2.75, 3.05) is 13.7 Å². The van der Waals surface area contributed by atoms with Gasteiger partial charge in [0.25, 0.3) is 0 Å². The molecule has 8 atom stereocenters. The number of ether oxygens (including phenoxy) is 2. The highest BCUT2D eigenvalue weighted by Gasteiger charge is 2.74. The lowest BCUT2D eigenvalue weighted by atomic mass is 9.34. The molecule has 25 heavy (non-hydrogen) atoms. The fourth-order valence-corrected chi connectivity index (χ4v) is 8.00. The van der Waals surface area contributed by atoms with Gasteiger partial charge in [0.15, 0.2) is 12.1 Å². The quantitative estimate of drug-likeness (QED) is 0.741. The average Bonchev–Trinajstić information content (AvgIpc) is 2.60. The predicted molar refractivity (Wildman–Crippen MR) is 92.7 cm³/mol. The summed E-state index contributed by atoms with van der Waals surface area (Å²) in [6.45, 7) is 7.14. The SMILES string of the molecule is C=C1C(=O)[C@]23CC[C@H]1CC2C12CCC[C@@](C)(COC1OC)C2C[C@H]3O. The molecule has 5 saturated carbocycles. The van der Waals surface area contributed by atoms with Crippen LogP contribution in [0.5, 0.6) is 0 Å². The maximum absolute atomic E-state index is 13.3. The second-order valence-corrected chi connectivity index (χ2v) is 9.72. The third kappa shape index (κ3) is 1.68. The number of allylic oxidation sites excluding steroid dienone is 1. The number of aliphatic hydroxyl groups excluding tert-OH is 1. The highest BCUT2D eigenvalue weighted by molar-refractivity contribution is 6.02. The molecule has 0 aromatic rings. The highest BCUT2D eigenvalue weighted by Crippen LogP contribution is 2.73. The summed E-state index contributed by atoms with van der Waals surface area (Å²) in [6, 6.07) is 0. The van der Waals surface area contributed by atoms with Gasteiger partial charge in [-0.25, -0.2) is 0 Å². The van der Waals surface area contributed by atoms with Crippen LogP contribution in [0.25, 0.3) is 0 Å². The fraction of sp³-hybridized carbons (Fsp3) is 0.857. The molecule has 6 fully saturated rings. The fourth-order valence-electron chi connectivity index (χ4n) is 8.00. The lowest BCUT2D eigenvalue weighted by molar-refractivity contribution is -0.348. The summed E-state index contributed by atoms with van der Waals surface area (Å²) in [7, 11) is 1.74. The summed E-state index contributed by atoms with van der Waals surface area (Å²) in [5.41, 5.74) is 0.0829. The molecule has 0 amide bonds. The average molecular weight is 346 g/mol. The van der Waals surface area contributed by atoms with E-state index in [1.165, 1.54) is 6.42 Å². The minimum absolute atomic E-state index is 0.0899. The molecule has 5 aliphatic carbocycles. The molecule has 0 aromatic carbocycles. The van der Waals surface area contributed by atoms with Crippen LogP contribution in [0.4, 0.5) is 0 Å². The minimum atomic E-state index is -0.641. The maximum atomic E-state index is 13.3. The molecule has 4 bridgehead atoms. The molecule has 1 heterocycles. The normalized spacial score (nSPS) is 57.2. The van der Waals surface area contributed by atoms with E-state index in [0.717, 1.165) is 37.7 Å². The number of Topliss-reactive ketones (excluding diaryl/α,β-unsaturated/α-hetero) is 1. The van der Waals surface area contributed by atoms with Crippen molar-refractivity contribution in [3.63, 3.8) is 0 Å². The van der Waals surface area contributed by atoms with E-state index in [9.17, 15) is 9.90 Å². The summed E-state index contributed by atoms with van der Waals surface area (Å²) in [5, 5.41) is 11.3. The van der Waals surface area contributed by atoms with Gasteiger partial charge in [-0.2, -0.15) is 0 Å². The van der Waals surface area contributed by atoms with E-state index in [-0.39, 0.29) is 34.7 Å². The molecule has 4 unspecified atom stereocenters. The number of carbonyl (C=O) groups is 1. The molecular formula is C21H30O4. The number of aliphatic hydroxyl groups is 1. The Morgan fingerprint density at radius 2 is 2.04 bits per heavy atom. The van der Waals surface area contributed by atoms with Crippen LogP contribution in [0.15, 0.2) is 12.2 Å². The van der Waals surface area contributed by atoms with Crippen molar-refractivity contribution in [3.8, 4) is 0 Å². The number of fused-ring (bicyclic) bond motifs is 2. The maximum Gasteiger partial charge on any atom is 0.167 e. The van der Waals surface area contributed by atoms with Crippen molar-refractivity contribution in [1.29, 1.82) is 0 Å². The van der Waals surface area contributed by atoms with Crippen molar-refractivity contribution in [2.24, 2.45) is 34.0 Å². The number of methoxy groups -OCH3 is 1. The van der Waals surface area contributed by atoms with Crippen molar-refractivity contribution >= 4 is 5.78 Å². The van der Waals surface area contributed by atoms with E-state index in [2.05, 4.69) is 13.5 Å². The number of ketones is 1. The summed E-state index contributed by atoms with van der Waals surface area (Å²) in [4.78, 5) is 13.3. The first-order chi connectivity index (χ1) is 11.9. The minimum Gasteiger partial charge on any atom is -0.392 e. The zero-order chi connectivity index (χ0) is 17.6. The van der Waals surface area contributed by atoms with Gasteiger partial charge in [0.05, 0.1) is 18.1 Å². The smallest absolute Gasteiger partial charge is 0.167 e. The van der Waals surface area contributed by atoms with Gasteiger partial charge in [0.1, 0.15) is 0 Å². The van der Waals surface area contributed by atoms with E-state index in [1.807, 2.05) is 0 Å². The summed E-state index contributed by atoms with van der Waals surface area (Å²) in [5.74, 6) is 0.967. The Morgan fingerprint density at radius 1 is 1.24 bits per heavy atom. The topological polar surface area (TPSA) is 55.8 Å². The van der Waals surface area contributed by atoms with E-state index in [4.69, 9.17) is 9.47 Å². The van der Waals surface area contributed by atoms with Gasteiger partial charge in [-0.3, -0.25) is 4.79 Å². The Morgan fingerprint density at radius 3 is 2.80 bits per heavy atom. The molecule has 0 aromatic heterocycles. The van der Waals surface area contributed by atoms with Crippen LogP contribution in [0.2, 0.25) is 0 Å². The van der Waals surface area contributed by atoms with Crippen LogP contribution in [0.1, 0.15) is 51.9 Å². The van der Waals surface area contributed by atoms with Crippen molar-refractivity contribution in [3.05, 3.63) is 12.2 Å². The lowest BCUT2D eigenvalue weighted by Crippen LogP contribution is -2.73. The molecule has 1 spiro atoms. The second-order valence-electron chi connectivity index (χ2n) is 9.72. The van der Waals surface area contributed by atoms with Crippen molar-refractivity contribution in [2.45, 2.75) is 64.3 Å². The molecule has 6 aliphatic rings. The second kappa shape index (κ2) is 4.96. The Hall–Kier alpha value is -0.710. The predicted octanol–water partition coefficient (Wildman–Crippen LogP) is 3.09. The van der Waals surface area contributed by atoms with Gasteiger partial charge >= 0.3 is 0 Å². The molecule has 1 N–H and O–H groups in total. The van der Waals surface area contributed by atoms with Crippen LogP contribution in [0, 0.1) is 34.0 Å². The first-order valence-electron chi connectivity index (χ1n) is 9.96. The molecular weight excluding hydrogens is 316 g/mol. The summed E-state index contributed by atoms with van der Waals surface area (Å²) < 4.78 is 12.2. The van der Waals surface area contributed by atoms with Crippen molar-refractivity contribution in [1.82, 2.24) is 0 Å². The van der Waals surface area contributed by atoms with E-state index >= 15 is 0 Å². The monoisotopic (exact) mass is 346 g/mol. The van der Waals surface area contributed by atoms with Gasteiger partial charge < -0.3 is 14.6 Å². The number of hydrogen-bond acceptors (Lipinski definition) is 4. The van der Waals surface area contributed by atoms with Crippen molar-refractivity contribution < 1.29 is 19.4 Å². The summed E-state index contributed by atoms with van der Waals surface area (Å²) in [6.07, 6.45) is 6.05. The molecule has 138 valence electrons. The zero-order valence-electron chi connectivity index (χ0n) is 15.4. The standard InChI is InChI=1S/C21H30O4/c1-12-13-5-8-21(17(12)23)15(9-13)20-7-4-6-19(2,11-25-18(20)24-3)14(20)10-16(21)22/h13-16,18,22H,1,4-11H2,2-3H3/t13-,14?,15?,16+,18?,19-,20?,21+/m0/s1. The number of rotatable bonds is 1. The molecule has 6 rings (SSSR count). The van der Waals surface area contributed by atoms with Gasteiger partial charge in [-0.15, -0.1) is 0 Å². The van der Waals surface area contributed by atoms with Gasteiger partial charge in [0, 0.05) is 12.5 Å². The number of hydrogen-bond donors (Lipinski definition) is 1. The third-order valence-electron chi connectivity index (χ3n) is 9.02. The Kier molecular flexibility index (Phi) is 3.27. The van der Waals surface area contributed by atoms with Gasteiger partial charge in [-0.05, 0) is 67.3 Å². The molecule has 0 radical (unpaired) electrons. The van der Waals surface area contributed by atoms with Crippen LogP contribution in [-0.4, -0.2) is 37.0 Å². The third-order valence-corrected chi connectivity index (χ3v) is 9.02. The largest absolute Gasteiger partial charge is 0.392 e. The first kappa shape index (κ1) is 16.5. The molecule has 1 aliphatic heterocycles. The highest BCUT2D eigenvalue weighted by atomic mass is 16.7. The van der Waals surface area contributed by atoms with Crippen LogP contribution >= 0.6 is 0 Å². The van der Waals surface area contributed by atoms with Crippen LogP contribution in [-0.2, 0) is 14.3 Å². The van der Waals surface area contributed by atoms with Gasteiger partial charge in [0.2, 0.25) is 0 Å². The van der Waals surface area contributed by atoms with E-state index < -0.39 is 11.5 Å². The van der Waals surface area contributed by atoms with E-state index in [0.29, 0.717) is 18.9 Å². The van der Waals surface area contributed by atoms with Crippen LogP contribution in [0.3, 0.4) is 0 Å².